The average molecular weight is 370 g/mol. The van der Waals surface area contributed by atoms with Crippen molar-refractivity contribution in [3.63, 3.8) is 0 Å². The molecule has 1 amide bonds. The van der Waals surface area contributed by atoms with Crippen molar-refractivity contribution in [1.82, 2.24) is 4.90 Å². The smallest absolute Gasteiger partial charge is 0.250 e. The van der Waals surface area contributed by atoms with E-state index in [0.29, 0.717) is 35.9 Å². The van der Waals surface area contributed by atoms with E-state index >= 15 is 0 Å². The molecule has 0 saturated heterocycles. The van der Waals surface area contributed by atoms with Crippen LogP contribution in [0.4, 0.5) is 0 Å². The van der Waals surface area contributed by atoms with E-state index in [4.69, 9.17) is 16.3 Å². The molecule has 1 aliphatic heterocycles. The van der Waals surface area contributed by atoms with Gasteiger partial charge in [0, 0.05) is 29.6 Å². The highest BCUT2D eigenvalue weighted by molar-refractivity contribution is 6.30. The molecule has 0 saturated carbocycles. The van der Waals surface area contributed by atoms with Crippen molar-refractivity contribution in [3.8, 4) is 0 Å². The Hall–Kier alpha value is -2.59. The van der Waals surface area contributed by atoms with E-state index in [1.807, 2.05) is 37.3 Å². The number of amides is 1. The summed E-state index contributed by atoms with van der Waals surface area (Å²) < 4.78 is 5.53. The lowest BCUT2D eigenvalue weighted by molar-refractivity contribution is -0.129. The van der Waals surface area contributed by atoms with Crippen molar-refractivity contribution in [3.05, 3.63) is 82.6 Å². The van der Waals surface area contributed by atoms with Crippen molar-refractivity contribution in [2.75, 3.05) is 6.61 Å². The molecule has 0 fully saturated rings. The Kier molecular flexibility index (Phi) is 5.74. The molecule has 1 heterocycles. The number of ether oxygens (including phenoxy) is 1. The minimum Gasteiger partial charge on any atom is -0.498 e. The molecule has 2 aromatic rings. The van der Waals surface area contributed by atoms with Crippen LogP contribution in [0.15, 0.2) is 66.4 Å². The van der Waals surface area contributed by atoms with Crippen LogP contribution in [-0.2, 0) is 16.1 Å². The number of rotatable bonds is 6. The molecule has 0 spiro atoms. The van der Waals surface area contributed by atoms with Gasteiger partial charge in [0.05, 0.1) is 6.61 Å². The van der Waals surface area contributed by atoms with Gasteiger partial charge in [0.2, 0.25) is 0 Å². The number of benzene rings is 2. The Morgan fingerprint density at radius 3 is 2.50 bits per heavy atom. The van der Waals surface area contributed by atoms with Crippen molar-refractivity contribution < 1.29 is 14.3 Å². The zero-order valence-corrected chi connectivity index (χ0v) is 15.3. The van der Waals surface area contributed by atoms with Crippen LogP contribution in [-0.4, -0.2) is 29.2 Å². The van der Waals surface area contributed by atoms with Crippen molar-refractivity contribution in [2.45, 2.75) is 25.9 Å². The average Bonchev–Trinajstić information content (AvgIpc) is 2.65. The first-order chi connectivity index (χ1) is 12.6. The van der Waals surface area contributed by atoms with Gasteiger partial charge in [-0.15, -0.1) is 0 Å². The van der Waals surface area contributed by atoms with Crippen LogP contribution in [0.2, 0.25) is 5.02 Å². The summed E-state index contributed by atoms with van der Waals surface area (Å²) >= 11 is 5.92. The number of ketones is 1. The normalized spacial score (nSPS) is 17.0. The zero-order chi connectivity index (χ0) is 18.5. The van der Waals surface area contributed by atoms with Crippen molar-refractivity contribution >= 4 is 23.3 Å². The number of carbonyl (C=O) groups is 2. The number of halogens is 1. The van der Waals surface area contributed by atoms with E-state index in [1.54, 1.807) is 29.2 Å². The largest absolute Gasteiger partial charge is 0.498 e. The van der Waals surface area contributed by atoms with Gasteiger partial charge in [-0.2, -0.15) is 0 Å². The molecule has 134 valence electrons. The highest BCUT2D eigenvalue weighted by atomic mass is 35.5. The lowest BCUT2D eigenvalue weighted by Gasteiger charge is -2.34. The van der Waals surface area contributed by atoms with E-state index in [1.165, 1.54) is 6.08 Å². The topological polar surface area (TPSA) is 46.6 Å². The van der Waals surface area contributed by atoms with Gasteiger partial charge in [0.1, 0.15) is 11.8 Å². The van der Waals surface area contributed by atoms with Crippen LogP contribution in [0.1, 0.15) is 29.3 Å². The van der Waals surface area contributed by atoms with Gasteiger partial charge in [-0.3, -0.25) is 9.59 Å². The number of carbonyl (C=O) groups excluding carboxylic acids is 2. The summed E-state index contributed by atoms with van der Waals surface area (Å²) in [5.41, 5.74) is 1.51. The summed E-state index contributed by atoms with van der Waals surface area (Å²) in [5, 5.41) is 0.567. The SMILES string of the molecule is CCOC1=CC(=O)N(Cc2ccccc2)C(C(=O)c2ccc(Cl)cc2)C1. The Morgan fingerprint density at radius 2 is 1.85 bits per heavy atom. The molecule has 0 radical (unpaired) electrons. The Balaban J connectivity index is 1.91. The van der Waals surface area contributed by atoms with Gasteiger partial charge in [0.15, 0.2) is 5.78 Å². The molecular weight excluding hydrogens is 350 g/mol. The maximum Gasteiger partial charge on any atom is 0.250 e. The molecule has 0 aliphatic carbocycles. The second-order valence-electron chi connectivity index (χ2n) is 6.09. The van der Waals surface area contributed by atoms with E-state index in [0.717, 1.165) is 5.56 Å². The van der Waals surface area contributed by atoms with Gasteiger partial charge in [0.25, 0.3) is 5.91 Å². The summed E-state index contributed by atoms with van der Waals surface area (Å²) in [6.45, 7) is 2.69. The maximum atomic E-state index is 13.1. The summed E-state index contributed by atoms with van der Waals surface area (Å²) in [7, 11) is 0. The number of hydrogen-bond donors (Lipinski definition) is 0. The van der Waals surface area contributed by atoms with Crippen molar-refractivity contribution in [2.24, 2.45) is 0 Å². The lowest BCUT2D eigenvalue weighted by Crippen LogP contribution is -2.47. The lowest BCUT2D eigenvalue weighted by atomic mass is 9.95. The molecule has 1 atom stereocenters. The first-order valence-electron chi connectivity index (χ1n) is 8.56. The van der Waals surface area contributed by atoms with Gasteiger partial charge in [-0.25, -0.2) is 0 Å². The molecule has 4 nitrogen and oxygen atoms in total. The molecule has 0 bridgehead atoms. The highest BCUT2D eigenvalue weighted by Gasteiger charge is 2.35. The summed E-state index contributed by atoms with van der Waals surface area (Å²) in [4.78, 5) is 27.4. The highest BCUT2D eigenvalue weighted by Crippen LogP contribution is 2.25. The maximum absolute atomic E-state index is 13.1. The molecule has 2 aromatic carbocycles. The van der Waals surface area contributed by atoms with E-state index in [-0.39, 0.29) is 11.7 Å². The molecule has 26 heavy (non-hydrogen) atoms. The van der Waals surface area contributed by atoms with Crippen LogP contribution in [0.25, 0.3) is 0 Å². The molecule has 1 unspecified atom stereocenters. The van der Waals surface area contributed by atoms with E-state index in [2.05, 4.69) is 0 Å². The fourth-order valence-electron chi connectivity index (χ4n) is 3.03. The molecule has 0 N–H and O–H groups in total. The predicted molar refractivity (Wildman–Crippen MR) is 101 cm³/mol. The summed E-state index contributed by atoms with van der Waals surface area (Å²) in [6.07, 6.45) is 1.85. The van der Waals surface area contributed by atoms with Gasteiger partial charge in [-0.1, -0.05) is 41.9 Å². The fraction of sp³-hybridized carbons (Fsp3) is 0.238. The number of Topliss-reactive ketones (excluding diaryl/α,β-unsaturated/α-hetero) is 1. The predicted octanol–water partition coefficient (Wildman–Crippen LogP) is 4.24. The second kappa shape index (κ2) is 8.19. The van der Waals surface area contributed by atoms with Gasteiger partial charge < -0.3 is 9.64 Å². The minimum absolute atomic E-state index is 0.115. The first kappa shape index (κ1) is 18.2. The van der Waals surface area contributed by atoms with Crippen LogP contribution in [0.5, 0.6) is 0 Å². The summed E-state index contributed by atoms with van der Waals surface area (Å²) in [5.74, 6) is 0.223. The number of nitrogens with zero attached hydrogens (tertiary/aromatic N) is 1. The van der Waals surface area contributed by atoms with Gasteiger partial charge >= 0.3 is 0 Å². The van der Waals surface area contributed by atoms with Crippen LogP contribution < -0.4 is 0 Å². The zero-order valence-electron chi connectivity index (χ0n) is 14.5. The third-order valence-corrected chi connectivity index (χ3v) is 4.55. The van der Waals surface area contributed by atoms with Crippen LogP contribution in [0, 0.1) is 0 Å². The third kappa shape index (κ3) is 4.14. The molecular formula is C21H20ClNO3. The van der Waals surface area contributed by atoms with E-state index in [9.17, 15) is 9.59 Å². The second-order valence-corrected chi connectivity index (χ2v) is 6.52. The quantitative estimate of drug-likeness (QED) is 0.715. The molecule has 0 aromatic heterocycles. The Morgan fingerprint density at radius 1 is 1.15 bits per heavy atom. The molecule has 5 heteroatoms. The minimum atomic E-state index is -0.601. The Labute approximate surface area is 158 Å². The fourth-order valence-corrected chi connectivity index (χ4v) is 3.15. The van der Waals surface area contributed by atoms with Crippen molar-refractivity contribution in [1.29, 1.82) is 0 Å². The van der Waals surface area contributed by atoms with E-state index < -0.39 is 6.04 Å². The van der Waals surface area contributed by atoms with Crippen LogP contribution >= 0.6 is 11.6 Å². The standard InChI is InChI=1S/C21H20ClNO3/c1-2-26-18-12-19(21(25)16-8-10-17(22)11-9-16)23(20(24)13-18)14-15-6-4-3-5-7-15/h3-11,13,19H,2,12,14H2,1H3. The Bertz CT molecular complexity index is 815. The first-order valence-corrected chi connectivity index (χ1v) is 8.94. The monoisotopic (exact) mass is 369 g/mol. The summed E-state index contributed by atoms with van der Waals surface area (Å²) in [6, 6.07) is 15.8. The van der Waals surface area contributed by atoms with Crippen LogP contribution in [0.3, 0.4) is 0 Å². The van der Waals surface area contributed by atoms with Gasteiger partial charge in [-0.05, 0) is 36.8 Å². The molecule has 1 aliphatic rings. The molecule has 3 rings (SSSR count). The number of hydrogen-bond acceptors (Lipinski definition) is 3. The third-order valence-electron chi connectivity index (χ3n) is 4.30.